The van der Waals surface area contributed by atoms with Crippen LogP contribution < -0.4 is 0 Å². The average Bonchev–Trinajstić information content (AvgIpc) is 2.78. The quantitative estimate of drug-likeness (QED) is 0.769. The fraction of sp³-hybridized carbons (Fsp3) is 1.00. The Balaban J connectivity index is 1.55. The van der Waals surface area contributed by atoms with Gasteiger partial charge in [-0.05, 0) is 52.4 Å². The zero-order valence-corrected chi connectivity index (χ0v) is 12.7. The summed E-state index contributed by atoms with van der Waals surface area (Å²) in [5.41, 5.74) is 0. The van der Waals surface area contributed by atoms with Crippen molar-refractivity contribution in [2.24, 2.45) is 5.92 Å². The van der Waals surface area contributed by atoms with Crippen molar-refractivity contribution >= 4 is 0 Å². The van der Waals surface area contributed by atoms with Crippen molar-refractivity contribution in [1.82, 2.24) is 14.7 Å². The molecule has 0 aromatic heterocycles. The summed E-state index contributed by atoms with van der Waals surface area (Å²) in [6.07, 6.45) is 4.65. The molecule has 0 aromatic carbocycles. The SMILES string of the molecule is CN1CCN(CCCN(C)CC2CCCC2O)CC1. The number of piperazine rings is 1. The van der Waals surface area contributed by atoms with E-state index in [0.717, 1.165) is 19.5 Å². The molecule has 112 valence electrons. The van der Waals surface area contributed by atoms with E-state index in [1.165, 1.54) is 52.0 Å². The molecule has 19 heavy (non-hydrogen) atoms. The van der Waals surface area contributed by atoms with Crippen LogP contribution in [-0.4, -0.2) is 85.8 Å². The highest BCUT2D eigenvalue weighted by Gasteiger charge is 2.25. The number of hydrogen-bond acceptors (Lipinski definition) is 4. The van der Waals surface area contributed by atoms with Gasteiger partial charge in [0.15, 0.2) is 0 Å². The predicted octanol–water partition coefficient (Wildman–Crippen LogP) is 0.717. The second-order valence-corrected chi connectivity index (χ2v) is 6.52. The highest BCUT2D eigenvalue weighted by molar-refractivity contribution is 4.79. The number of nitrogens with zero attached hydrogens (tertiary/aromatic N) is 3. The standard InChI is InChI=1S/C15H31N3O/c1-16-9-11-18(12-10-16)8-4-7-17(2)13-14-5-3-6-15(14)19/h14-15,19H,3-13H2,1-2H3. The molecule has 0 radical (unpaired) electrons. The van der Waals surface area contributed by atoms with Gasteiger partial charge in [-0.3, -0.25) is 0 Å². The largest absolute Gasteiger partial charge is 0.393 e. The summed E-state index contributed by atoms with van der Waals surface area (Å²) in [4.78, 5) is 7.40. The van der Waals surface area contributed by atoms with Gasteiger partial charge in [0.05, 0.1) is 6.10 Å². The Kier molecular flexibility index (Phi) is 6.07. The molecule has 1 aliphatic heterocycles. The highest BCUT2D eigenvalue weighted by atomic mass is 16.3. The van der Waals surface area contributed by atoms with Gasteiger partial charge in [-0.15, -0.1) is 0 Å². The molecule has 2 rings (SSSR count). The molecule has 2 aliphatic rings. The van der Waals surface area contributed by atoms with Crippen LogP contribution >= 0.6 is 0 Å². The van der Waals surface area contributed by atoms with Gasteiger partial charge < -0.3 is 19.8 Å². The number of rotatable bonds is 6. The number of hydrogen-bond donors (Lipinski definition) is 1. The maximum absolute atomic E-state index is 9.85. The zero-order valence-electron chi connectivity index (χ0n) is 12.7. The predicted molar refractivity (Wildman–Crippen MR) is 79.4 cm³/mol. The Labute approximate surface area is 118 Å². The van der Waals surface area contributed by atoms with Crippen molar-refractivity contribution in [2.75, 3.05) is 59.9 Å². The third-order valence-corrected chi connectivity index (χ3v) is 4.78. The van der Waals surface area contributed by atoms with Gasteiger partial charge in [0.2, 0.25) is 0 Å². The Morgan fingerprint density at radius 2 is 1.89 bits per heavy atom. The van der Waals surface area contributed by atoms with E-state index in [4.69, 9.17) is 0 Å². The van der Waals surface area contributed by atoms with Gasteiger partial charge in [-0.2, -0.15) is 0 Å². The van der Waals surface area contributed by atoms with Gasteiger partial charge >= 0.3 is 0 Å². The molecular weight excluding hydrogens is 238 g/mol. The lowest BCUT2D eigenvalue weighted by Gasteiger charge is -2.32. The van der Waals surface area contributed by atoms with Crippen LogP contribution in [-0.2, 0) is 0 Å². The van der Waals surface area contributed by atoms with Crippen LogP contribution in [0.15, 0.2) is 0 Å². The minimum atomic E-state index is -0.0416. The molecule has 0 bridgehead atoms. The van der Waals surface area contributed by atoms with E-state index in [2.05, 4.69) is 28.8 Å². The van der Waals surface area contributed by atoms with Crippen molar-refractivity contribution in [3.05, 3.63) is 0 Å². The first-order valence-corrected chi connectivity index (χ1v) is 7.92. The molecule has 2 atom stereocenters. The minimum absolute atomic E-state index is 0.0416. The zero-order chi connectivity index (χ0) is 13.7. The van der Waals surface area contributed by atoms with E-state index in [0.29, 0.717) is 5.92 Å². The van der Waals surface area contributed by atoms with E-state index < -0.39 is 0 Å². The monoisotopic (exact) mass is 269 g/mol. The maximum atomic E-state index is 9.85. The van der Waals surface area contributed by atoms with Crippen molar-refractivity contribution in [1.29, 1.82) is 0 Å². The highest BCUT2D eigenvalue weighted by Crippen LogP contribution is 2.25. The summed E-state index contributed by atoms with van der Waals surface area (Å²) in [6, 6.07) is 0. The van der Waals surface area contributed by atoms with Crippen molar-refractivity contribution in [2.45, 2.75) is 31.8 Å². The molecule has 1 saturated carbocycles. The first-order chi connectivity index (χ1) is 9.15. The Morgan fingerprint density at radius 3 is 2.53 bits per heavy atom. The van der Waals surface area contributed by atoms with E-state index in [-0.39, 0.29) is 6.10 Å². The van der Waals surface area contributed by atoms with Crippen LogP contribution in [0.2, 0.25) is 0 Å². The van der Waals surface area contributed by atoms with Gasteiger partial charge in [0, 0.05) is 32.7 Å². The molecule has 0 aromatic rings. The Bertz CT molecular complexity index is 254. The van der Waals surface area contributed by atoms with Crippen molar-refractivity contribution in [3.63, 3.8) is 0 Å². The molecule has 4 nitrogen and oxygen atoms in total. The van der Waals surface area contributed by atoms with Crippen molar-refractivity contribution in [3.8, 4) is 0 Å². The summed E-state index contributed by atoms with van der Waals surface area (Å²) in [7, 11) is 4.41. The van der Waals surface area contributed by atoms with Crippen LogP contribution in [0.5, 0.6) is 0 Å². The molecule has 0 spiro atoms. The lowest BCUT2D eigenvalue weighted by Crippen LogP contribution is -2.45. The lowest BCUT2D eigenvalue weighted by atomic mass is 10.1. The van der Waals surface area contributed by atoms with Crippen LogP contribution in [0.3, 0.4) is 0 Å². The average molecular weight is 269 g/mol. The molecule has 1 saturated heterocycles. The first kappa shape index (κ1) is 15.2. The van der Waals surface area contributed by atoms with Gasteiger partial charge in [0.1, 0.15) is 0 Å². The third-order valence-electron chi connectivity index (χ3n) is 4.78. The summed E-state index contributed by atoms with van der Waals surface area (Å²) in [6.45, 7) is 8.34. The van der Waals surface area contributed by atoms with Crippen LogP contribution in [0.25, 0.3) is 0 Å². The lowest BCUT2D eigenvalue weighted by molar-refractivity contribution is 0.106. The molecule has 2 fully saturated rings. The normalized spacial score (nSPS) is 30.3. The van der Waals surface area contributed by atoms with Gasteiger partial charge in [-0.25, -0.2) is 0 Å². The smallest absolute Gasteiger partial charge is 0.0580 e. The van der Waals surface area contributed by atoms with Crippen LogP contribution in [0, 0.1) is 5.92 Å². The minimum Gasteiger partial charge on any atom is -0.393 e. The second kappa shape index (κ2) is 7.58. The number of aliphatic hydroxyl groups is 1. The topological polar surface area (TPSA) is 30.0 Å². The van der Waals surface area contributed by atoms with Crippen molar-refractivity contribution < 1.29 is 5.11 Å². The van der Waals surface area contributed by atoms with E-state index >= 15 is 0 Å². The van der Waals surface area contributed by atoms with E-state index in [9.17, 15) is 5.11 Å². The summed E-state index contributed by atoms with van der Waals surface area (Å²) >= 11 is 0. The molecule has 1 aliphatic carbocycles. The molecular formula is C15H31N3O. The van der Waals surface area contributed by atoms with Crippen LogP contribution in [0.4, 0.5) is 0 Å². The molecule has 1 N–H and O–H groups in total. The summed E-state index contributed by atoms with van der Waals surface area (Å²) in [5.74, 6) is 0.522. The molecule has 2 unspecified atom stereocenters. The fourth-order valence-corrected chi connectivity index (χ4v) is 3.36. The van der Waals surface area contributed by atoms with Crippen LogP contribution in [0.1, 0.15) is 25.7 Å². The third kappa shape index (κ3) is 5.03. The number of aliphatic hydroxyl groups excluding tert-OH is 1. The van der Waals surface area contributed by atoms with E-state index in [1.807, 2.05) is 0 Å². The molecule has 4 heteroatoms. The summed E-state index contributed by atoms with van der Waals surface area (Å²) < 4.78 is 0. The molecule has 0 amide bonds. The fourth-order valence-electron chi connectivity index (χ4n) is 3.36. The number of likely N-dealkylation sites (N-methyl/N-ethyl adjacent to an activating group) is 1. The van der Waals surface area contributed by atoms with E-state index in [1.54, 1.807) is 0 Å². The van der Waals surface area contributed by atoms with Gasteiger partial charge in [0.25, 0.3) is 0 Å². The Hall–Kier alpha value is -0.160. The summed E-state index contributed by atoms with van der Waals surface area (Å²) in [5, 5.41) is 9.85. The Morgan fingerprint density at radius 1 is 1.16 bits per heavy atom. The molecule has 1 heterocycles. The second-order valence-electron chi connectivity index (χ2n) is 6.52. The van der Waals surface area contributed by atoms with Gasteiger partial charge in [-0.1, -0.05) is 6.42 Å². The maximum Gasteiger partial charge on any atom is 0.0580 e. The first-order valence-electron chi connectivity index (χ1n) is 7.92.